The second-order valence-corrected chi connectivity index (χ2v) is 5.26. The molecule has 0 saturated heterocycles. The predicted molar refractivity (Wildman–Crippen MR) is 68.8 cm³/mol. The summed E-state index contributed by atoms with van der Waals surface area (Å²) in [5, 5.41) is 16.7. The van der Waals surface area contributed by atoms with Crippen molar-refractivity contribution in [2.45, 2.75) is 31.8 Å². The Kier molecular flexibility index (Phi) is 4.33. The second-order valence-electron chi connectivity index (χ2n) is 4.35. The van der Waals surface area contributed by atoms with Crippen LogP contribution in [0.3, 0.4) is 0 Å². The zero-order valence-corrected chi connectivity index (χ0v) is 10.8. The standard InChI is InChI=1S/C12H16N2O3S/c15-10(14-9-1-2-9)3-5-13-7-8-4-6-18-11(8)12(16)17/h4,6,9,13H,1-3,5,7H2,(H,14,15)(H,16,17). The summed E-state index contributed by atoms with van der Waals surface area (Å²) in [5.41, 5.74) is 0.773. The number of carboxylic acids is 1. The van der Waals surface area contributed by atoms with Gasteiger partial charge in [0.2, 0.25) is 5.91 Å². The van der Waals surface area contributed by atoms with E-state index in [1.165, 1.54) is 11.3 Å². The van der Waals surface area contributed by atoms with Gasteiger partial charge in [-0.3, -0.25) is 4.79 Å². The Balaban J connectivity index is 1.66. The Morgan fingerprint density at radius 3 is 2.89 bits per heavy atom. The zero-order valence-electron chi connectivity index (χ0n) is 9.94. The molecule has 0 radical (unpaired) electrons. The van der Waals surface area contributed by atoms with Crippen molar-refractivity contribution >= 4 is 23.2 Å². The molecule has 6 heteroatoms. The smallest absolute Gasteiger partial charge is 0.346 e. The molecule has 1 aliphatic carbocycles. The normalized spacial score (nSPS) is 14.4. The van der Waals surface area contributed by atoms with E-state index in [9.17, 15) is 9.59 Å². The number of amides is 1. The van der Waals surface area contributed by atoms with Gasteiger partial charge in [0, 0.05) is 25.6 Å². The maximum absolute atomic E-state index is 11.4. The molecule has 1 aliphatic rings. The van der Waals surface area contributed by atoms with Crippen LogP contribution >= 0.6 is 11.3 Å². The van der Waals surface area contributed by atoms with Crippen LogP contribution in [0.2, 0.25) is 0 Å². The molecule has 3 N–H and O–H groups in total. The molecule has 0 aromatic carbocycles. The van der Waals surface area contributed by atoms with Gasteiger partial charge < -0.3 is 15.7 Å². The summed E-state index contributed by atoms with van der Waals surface area (Å²) in [6, 6.07) is 2.19. The Morgan fingerprint density at radius 1 is 1.44 bits per heavy atom. The highest BCUT2D eigenvalue weighted by Gasteiger charge is 2.22. The lowest BCUT2D eigenvalue weighted by Gasteiger charge is -2.05. The number of hydrogen-bond acceptors (Lipinski definition) is 4. The van der Waals surface area contributed by atoms with Gasteiger partial charge in [0.05, 0.1) is 0 Å². The van der Waals surface area contributed by atoms with Gasteiger partial charge >= 0.3 is 5.97 Å². The van der Waals surface area contributed by atoms with Crippen LogP contribution in [0.25, 0.3) is 0 Å². The molecule has 1 aromatic rings. The maximum Gasteiger partial charge on any atom is 0.346 e. The Hall–Kier alpha value is -1.40. The molecule has 0 bridgehead atoms. The fourth-order valence-electron chi connectivity index (χ4n) is 1.62. The summed E-state index contributed by atoms with van der Waals surface area (Å²) in [5.74, 6) is -0.831. The van der Waals surface area contributed by atoms with Gasteiger partial charge in [-0.1, -0.05) is 0 Å². The summed E-state index contributed by atoms with van der Waals surface area (Å²) < 4.78 is 0. The molecule has 1 amide bonds. The molecule has 1 aromatic heterocycles. The Morgan fingerprint density at radius 2 is 2.22 bits per heavy atom. The molecule has 0 spiro atoms. The van der Waals surface area contributed by atoms with Gasteiger partial charge in [0.1, 0.15) is 4.88 Å². The topological polar surface area (TPSA) is 78.4 Å². The van der Waals surface area contributed by atoms with Gasteiger partial charge in [-0.15, -0.1) is 11.3 Å². The minimum Gasteiger partial charge on any atom is -0.477 e. The van der Waals surface area contributed by atoms with E-state index < -0.39 is 5.97 Å². The van der Waals surface area contributed by atoms with Crippen molar-refractivity contribution in [1.29, 1.82) is 0 Å². The SMILES string of the molecule is O=C(CCNCc1ccsc1C(=O)O)NC1CC1. The number of carbonyl (C=O) groups excluding carboxylic acids is 1. The number of carbonyl (C=O) groups is 2. The molecular formula is C12H16N2O3S. The minimum atomic E-state index is -0.895. The molecule has 5 nitrogen and oxygen atoms in total. The summed E-state index contributed by atoms with van der Waals surface area (Å²) >= 11 is 1.22. The van der Waals surface area contributed by atoms with E-state index in [1.54, 1.807) is 11.4 Å². The van der Waals surface area contributed by atoms with Crippen LogP contribution in [-0.2, 0) is 11.3 Å². The number of hydrogen-bond donors (Lipinski definition) is 3. The number of aromatic carboxylic acids is 1. The summed E-state index contributed by atoms with van der Waals surface area (Å²) in [7, 11) is 0. The number of carboxylic acid groups (broad SMARTS) is 1. The fraction of sp³-hybridized carbons (Fsp3) is 0.500. The van der Waals surface area contributed by atoms with E-state index in [4.69, 9.17) is 5.11 Å². The first-order valence-electron chi connectivity index (χ1n) is 5.96. The maximum atomic E-state index is 11.4. The van der Waals surface area contributed by atoms with Crippen LogP contribution in [0, 0.1) is 0 Å². The number of thiophene rings is 1. The molecule has 1 heterocycles. The van der Waals surface area contributed by atoms with Crippen LogP contribution in [0.15, 0.2) is 11.4 Å². The lowest BCUT2D eigenvalue weighted by Crippen LogP contribution is -2.29. The number of rotatable bonds is 7. The first-order valence-corrected chi connectivity index (χ1v) is 6.84. The van der Waals surface area contributed by atoms with E-state index in [1.807, 2.05) is 0 Å². The van der Waals surface area contributed by atoms with Crippen LogP contribution in [0.4, 0.5) is 0 Å². The molecular weight excluding hydrogens is 252 g/mol. The van der Waals surface area contributed by atoms with Gasteiger partial charge in [0.25, 0.3) is 0 Å². The highest BCUT2D eigenvalue weighted by molar-refractivity contribution is 7.12. The lowest BCUT2D eigenvalue weighted by molar-refractivity contribution is -0.121. The highest BCUT2D eigenvalue weighted by Crippen LogP contribution is 2.18. The van der Waals surface area contributed by atoms with Crippen molar-refractivity contribution < 1.29 is 14.7 Å². The largest absolute Gasteiger partial charge is 0.477 e. The molecule has 0 atom stereocenters. The van der Waals surface area contributed by atoms with E-state index >= 15 is 0 Å². The monoisotopic (exact) mass is 268 g/mol. The van der Waals surface area contributed by atoms with Crippen molar-refractivity contribution in [1.82, 2.24) is 10.6 Å². The molecule has 18 heavy (non-hydrogen) atoms. The number of nitrogens with one attached hydrogen (secondary N) is 2. The van der Waals surface area contributed by atoms with E-state index in [2.05, 4.69) is 10.6 Å². The van der Waals surface area contributed by atoms with Crippen LogP contribution in [0.1, 0.15) is 34.5 Å². The second kappa shape index (κ2) is 5.97. The van der Waals surface area contributed by atoms with Crippen molar-refractivity contribution in [3.8, 4) is 0 Å². The third-order valence-electron chi connectivity index (χ3n) is 2.73. The van der Waals surface area contributed by atoms with E-state index in [-0.39, 0.29) is 5.91 Å². The zero-order chi connectivity index (χ0) is 13.0. The molecule has 1 saturated carbocycles. The third kappa shape index (κ3) is 3.82. The lowest BCUT2D eigenvalue weighted by atomic mass is 10.2. The minimum absolute atomic E-state index is 0.0637. The van der Waals surface area contributed by atoms with Crippen molar-refractivity contribution in [3.05, 3.63) is 21.9 Å². The van der Waals surface area contributed by atoms with Crippen molar-refractivity contribution in [2.24, 2.45) is 0 Å². The van der Waals surface area contributed by atoms with Gasteiger partial charge in [-0.2, -0.15) is 0 Å². The Bertz CT molecular complexity index is 440. The Labute approximate surface area is 109 Å². The van der Waals surface area contributed by atoms with Gasteiger partial charge in [-0.25, -0.2) is 4.79 Å². The molecule has 0 aliphatic heterocycles. The van der Waals surface area contributed by atoms with Gasteiger partial charge in [-0.05, 0) is 29.9 Å². The van der Waals surface area contributed by atoms with Gasteiger partial charge in [0.15, 0.2) is 0 Å². The fourth-order valence-corrected chi connectivity index (χ4v) is 2.38. The first kappa shape index (κ1) is 13.0. The van der Waals surface area contributed by atoms with Crippen molar-refractivity contribution in [3.63, 3.8) is 0 Å². The third-order valence-corrected chi connectivity index (χ3v) is 3.67. The average Bonchev–Trinajstić information content (AvgIpc) is 2.99. The molecule has 2 rings (SSSR count). The summed E-state index contributed by atoms with van der Waals surface area (Å²) in [6.45, 7) is 1.05. The predicted octanol–water partition coefficient (Wildman–Crippen LogP) is 1.20. The van der Waals surface area contributed by atoms with E-state index in [0.717, 1.165) is 18.4 Å². The average molecular weight is 268 g/mol. The molecule has 1 fully saturated rings. The van der Waals surface area contributed by atoms with Crippen LogP contribution < -0.4 is 10.6 Å². The summed E-state index contributed by atoms with van der Waals surface area (Å²) in [4.78, 5) is 22.6. The first-order chi connectivity index (χ1) is 8.66. The summed E-state index contributed by atoms with van der Waals surface area (Å²) in [6.07, 6.45) is 2.62. The molecule has 98 valence electrons. The van der Waals surface area contributed by atoms with E-state index in [0.29, 0.717) is 30.4 Å². The van der Waals surface area contributed by atoms with Crippen molar-refractivity contribution in [2.75, 3.05) is 6.54 Å². The highest BCUT2D eigenvalue weighted by atomic mass is 32.1. The van der Waals surface area contributed by atoms with Crippen LogP contribution in [-0.4, -0.2) is 29.6 Å². The van der Waals surface area contributed by atoms with Crippen LogP contribution in [0.5, 0.6) is 0 Å². The quantitative estimate of drug-likeness (QED) is 0.649. The molecule has 0 unspecified atom stereocenters.